The second-order valence-electron chi connectivity index (χ2n) is 8.00. The molecule has 2 heterocycles. The molecule has 8 heteroatoms. The van der Waals surface area contributed by atoms with Gasteiger partial charge in [0, 0.05) is 17.8 Å². The first-order chi connectivity index (χ1) is 15.3. The summed E-state index contributed by atoms with van der Waals surface area (Å²) in [4.78, 5) is 1.92. The largest absolute Gasteiger partial charge is 0.497 e. The lowest BCUT2D eigenvalue weighted by molar-refractivity contribution is 0.242. The quantitative estimate of drug-likeness (QED) is 0.737. The maximum Gasteiger partial charge on any atom is 0.177 e. The Hall–Kier alpha value is -3.44. The zero-order valence-corrected chi connectivity index (χ0v) is 19.0. The number of anilines is 1. The second-order valence-corrected chi connectivity index (χ2v) is 10.1. The van der Waals surface area contributed by atoms with E-state index in [4.69, 9.17) is 15.2 Å². The van der Waals surface area contributed by atoms with Crippen molar-refractivity contribution in [1.82, 2.24) is 0 Å². The predicted molar refractivity (Wildman–Crippen MR) is 123 cm³/mol. The van der Waals surface area contributed by atoms with Crippen LogP contribution in [-0.4, -0.2) is 27.4 Å². The van der Waals surface area contributed by atoms with Gasteiger partial charge >= 0.3 is 0 Å². The average molecular weight is 452 g/mol. The van der Waals surface area contributed by atoms with E-state index in [0.29, 0.717) is 34.9 Å². The van der Waals surface area contributed by atoms with E-state index in [1.807, 2.05) is 26.0 Å². The summed E-state index contributed by atoms with van der Waals surface area (Å²) in [6.07, 6.45) is 0.283. The third-order valence-corrected chi connectivity index (χ3v) is 7.46. The molecule has 7 nitrogen and oxygen atoms in total. The molecule has 1 atom stereocenters. The number of hydrogen-bond acceptors (Lipinski definition) is 7. The molecule has 0 saturated carbocycles. The predicted octanol–water partition coefficient (Wildman–Crippen LogP) is 3.81. The Bertz CT molecular complexity index is 1250. The molecule has 166 valence electrons. The molecule has 0 aliphatic carbocycles. The van der Waals surface area contributed by atoms with Crippen LogP contribution in [0.2, 0.25) is 0 Å². The van der Waals surface area contributed by atoms with Gasteiger partial charge in [0.05, 0.1) is 41.4 Å². The van der Waals surface area contributed by atoms with Crippen LogP contribution in [0.5, 0.6) is 11.5 Å². The topological polar surface area (TPSA) is 106 Å². The molecule has 0 spiro atoms. The van der Waals surface area contributed by atoms with Crippen molar-refractivity contribution in [3.8, 4) is 17.6 Å². The monoisotopic (exact) mass is 451 g/mol. The van der Waals surface area contributed by atoms with Gasteiger partial charge in [-0.25, -0.2) is 8.42 Å². The Balaban J connectivity index is 1.91. The van der Waals surface area contributed by atoms with Crippen LogP contribution in [0, 0.1) is 11.3 Å². The SMILES string of the molecule is COc1ccc(N2C(N)=C(C#N)[C@H](c3cccc(OC(C)C)c3)C3=C2CCS3(=O)=O)cc1. The molecule has 0 aromatic heterocycles. The summed E-state index contributed by atoms with van der Waals surface area (Å²) in [5.74, 6) is 0.724. The first kappa shape index (κ1) is 21.8. The van der Waals surface area contributed by atoms with Crippen LogP contribution in [0.15, 0.2) is 70.5 Å². The molecule has 2 aromatic rings. The van der Waals surface area contributed by atoms with Gasteiger partial charge in [0.15, 0.2) is 9.84 Å². The molecule has 32 heavy (non-hydrogen) atoms. The van der Waals surface area contributed by atoms with Gasteiger partial charge in [-0.05, 0) is 55.8 Å². The molecule has 0 unspecified atom stereocenters. The highest BCUT2D eigenvalue weighted by atomic mass is 32.2. The molecule has 0 amide bonds. The lowest BCUT2D eigenvalue weighted by Crippen LogP contribution is -2.34. The van der Waals surface area contributed by atoms with E-state index in [1.165, 1.54) is 0 Å². The molecule has 2 N–H and O–H groups in total. The molecule has 0 radical (unpaired) electrons. The van der Waals surface area contributed by atoms with Crippen LogP contribution in [-0.2, 0) is 9.84 Å². The van der Waals surface area contributed by atoms with E-state index in [0.717, 1.165) is 0 Å². The molecule has 2 aliphatic rings. The van der Waals surface area contributed by atoms with Crippen LogP contribution in [0.4, 0.5) is 5.69 Å². The average Bonchev–Trinajstić information content (AvgIpc) is 3.07. The van der Waals surface area contributed by atoms with Crippen molar-refractivity contribution in [2.24, 2.45) is 5.73 Å². The Kier molecular flexibility index (Phi) is 5.61. The maximum absolute atomic E-state index is 13.2. The van der Waals surface area contributed by atoms with Crippen LogP contribution >= 0.6 is 0 Å². The van der Waals surface area contributed by atoms with E-state index in [-0.39, 0.29) is 28.2 Å². The van der Waals surface area contributed by atoms with Gasteiger partial charge in [0.1, 0.15) is 17.3 Å². The summed E-state index contributed by atoms with van der Waals surface area (Å²) in [6.45, 7) is 3.83. The fourth-order valence-electron chi connectivity index (χ4n) is 4.26. The van der Waals surface area contributed by atoms with E-state index in [1.54, 1.807) is 48.4 Å². The maximum atomic E-state index is 13.2. The number of nitrogens with zero attached hydrogens (tertiary/aromatic N) is 2. The Morgan fingerprint density at radius 3 is 2.50 bits per heavy atom. The normalized spacial score (nSPS) is 19.7. The van der Waals surface area contributed by atoms with Crippen LogP contribution in [0.25, 0.3) is 0 Å². The summed E-state index contributed by atoms with van der Waals surface area (Å²) in [5.41, 5.74) is 8.66. The Morgan fingerprint density at radius 2 is 1.88 bits per heavy atom. The van der Waals surface area contributed by atoms with Crippen molar-refractivity contribution < 1.29 is 17.9 Å². The summed E-state index contributed by atoms with van der Waals surface area (Å²) in [5, 5.41) is 10.1. The number of sulfone groups is 1. The highest BCUT2D eigenvalue weighted by Crippen LogP contribution is 2.49. The zero-order valence-electron chi connectivity index (χ0n) is 18.2. The van der Waals surface area contributed by atoms with Gasteiger partial charge < -0.3 is 15.2 Å². The van der Waals surface area contributed by atoms with Crippen molar-refractivity contribution in [1.29, 1.82) is 5.26 Å². The first-order valence-corrected chi connectivity index (χ1v) is 12.0. The lowest BCUT2D eigenvalue weighted by atomic mass is 9.87. The molecular formula is C24H25N3O4S. The summed E-state index contributed by atoms with van der Waals surface area (Å²) in [7, 11) is -2.00. The van der Waals surface area contributed by atoms with Crippen LogP contribution in [0.3, 0.4) is 0 Å². The van der Waals surface area contributed by atoms with Crippen molar-refractivity contribution in [2.45, 2.75) is 32.3 Å². The van der Waals surface area contributed by atoms with Gasteiger partial charge in [-0.3, -0.25) is 4.90 Å². The van der Waals surface area contributed by atoms with E-state index in [2.05, 4.69) is 6.07 Å². The minimum absolute atomic E-state index is 0.0189. The number of hydrogen-bond donors (Lipinski definition) is 1. The minimum Gasteiger partial charge on any atom is -0.497 e. The van der Waals surface area contributed by atoms with Gasteiger partial charge in [-0.1, -0.05) is 12.1 Å². The molecule has 4 rings (SSSR count). The number of rotatable bonds is 5. The van der Waals surface area contributed by atoms with Crippen LogP contribution < -0.4 is 20.1 Å². The van der Waals surface area contributed by atoms with Gasteiger partial charge in [-0.2, -0.15) is 5.26 Å². The number of allylic oxidation sites excluding steroid dienone is 3. The third-order valence-electron chi connectivity index (χ3n) is 5.58. The Morgan fingerprint density at radius 1 is 1.16 bits per heavy atom. The fraction of sp³-hybridized carbons (Fsp3) is 0.292. The summed E-state index contributed by atoms with van der Waals surface area (Å²) in [6, 6.07) is 16.5. The summed E-state index contributed by atoms with van der Waals surface area (Å²) < 4.78 is 37.4. The number of benzene rings is 2. The molecule has 2 aliphatic heterocycles. The van der Waals surface area contributed by atoms with Crippen molar-refractivity contribution in [3.05, 3.63) is 76.1 Å². The molecule has 0 fully saturated rings. The minimum atomic E-state index is -3.57. The van der Waals surface area contributed by atoms with Gasteiger partial charge in [-0.15, -0.1) is 0 Å². The molecule has 2 aromatic carbocycles. The van der Waals surface area contributed by atoms with E-state index >= 15 is 0 Å². The first-order valence-electron chi connectivity index (χ1n) is 10.3. The highest BCUT2D eigenvalue weighted by Gasteiger charge is 2.45. The second kappa shape index (κ2) is 8.24. The van der Waals surface area contributed by atoms with Crippen molar-refractivity contribution in [3.63, 3.8) is 0 Å². The van der Waals surface area contributed by atoms with Crippen LogP contribution in [0.1, 0.15) is 31.7 Å². The summed E-state index contributed by atoms with van der Waals surface area (Å²) >= 11 is 0. The fourth-order valence-corrected chi connectivity index (χ4v) is 6.11. The third kappa shape index (κ3) is 3.69. The number of nitriles is 1. The number of ether oxygens (including phenoxy) is 2. The smallest absolute Gasteiger partial charge is 0.177 e. The van der Waals surface area contributed by atoms with E-state index < -0.39 is 15.8 Å². The van der Waals surface area contributed by atoms with Crippen molar-refractivity contribution >= 4 is 15.5 Å². The van der Waals surface area contributed by atoms with Gasteiger partial charge in [0.2, 0.25) is 0 Å². The molecular weight excluding hydrogens is 426 g/mol. The van der Waals surface area contributed by atoms with Gasteiger partial charge in [0.25, 0.3) is 0 Å². The Labute approximate surface area is 188 Å². The van der Waals surface area contributed by atoms with E-state index in [9.17, 15) is 13.7 Å². The molecule has 0 saturated heterocycles. The molecule has 0 bridgehead atoms. The lowest BCUT2D eigenvalue weighted by Gasteiger charge is -2.35. The standard InChI is InChI=1S/C24H25N3O4S/c1-15(2)31-19-6-4-5-16(13-19)22-20(14-25)24(26)27(17-7-9-18(30-3)10-8-17)21-11-12-32(28,29)23(21)22/h4-10,13,15,22H,11-12,26H2,1-3H3/t22-/m0/s1. The number of nitrogens with two attached hydrogens (primary N) is 1. The number of methoxy groups -OCH3 is 1. The van der Waals surface area contributed by atoms with Crippen molar-refractivity contribution in [2.75, 3.05) is 17.8 Å². The highest BCUT2D eigenvalue weighted by molar-refractivity contribution is 7.95. The zero-order chi connectivity index (χ0) is 23.0.